The molecule has 0 N–H and O–H groups in total. The van der Waals surface area contributed by atoms with E-state index in [4.69, 9.17) is 4.52 Å². The first kappa shape index (κ1) is 23.7. The second-order valence-electron chi connectivity index (χ2n) is 7.70. The molecule has 3 aromatic rings. The number of piperazine rings is 1. The molecule has 4 rings (SSSR count). The van der Waals surface area contributed by atoms with E-state index < -0.39 is 35.0 Å². The van der Waals surface area contributed by atoms with Crippen LogP contribution in [0.4, 0.5) is 26.3 Å². The van der Waals surface area contributed by atoms with Crippen LogP contribution in [0.3, 0.4) is 0 Å². The molecule has 1 amide bonds. The topological polar surface area (TPSA) is 62.5 Å². The lowest BCUT2D eigenvalue weighted by molar-refractivity contribution is -0.138. The van der Waals surface area contributed by atoms with E-state index in [9.17, 15) is 31.1 Å². The molecule has 0 saturated carbocycles. The predicted octanol–water partition coefficient (Wildman–Crippen LogP) is 4.73. The number of nitrogens with zero attached hydrogens (tertiary/aromatic N) is 4. The van der Waals surface area contributed by atoms with Crippen LogP contribution in [0.15, 0.2) is 53.1 Å². The van der Waals surface area contributed by atoms with E-state index in [0.29, 0.717) is 13.1 Å². The van der Waals surface area contributed by atoms with E-state index in [-0.39, 0.29) is 36.9 Å². The van der Waals surface area contributed by atoms with Gasteiger partial charge in [-0.2, -0.15) is 31.3 Å². The number of halogens is 6. The van der Waals surface area contributed by atoms with E-state index in [0.717, 1.165) is 24.3 Å². The van der Waals surface area contributed by atoms with Crippen LogP contribution >= 0.6 is 0 Å². The Labute approximate surface area is 189 Å². The van der Waals surface area contributed by atoms with Crippen molar-refractivity contribution < 1.29 is 35.7 Å². The Morgan fingerprint density at radius 1 is 0.912 bits per heavy atom. The van der Waals surface area contributed by atoms with Gasteiger partial charge in [-0.15, -0.1) is 0 Å². The molecule has 1 aliphatic heterocycles. The highest BCUT2D eigenvalue weighted by molar-refractivity contribution is 5.96. The Hall–Kier alpha value is -3.41. The zero-order valence-corrected chi connectivity index (χ0v) is 17.5. The van der Waals surface area contributed by atoms with Crippen molar-refractivity contribution in [1.82, 2.24) is 19.9 Å². The van der Waals surface area contributed by atoms with Crippen LogP contribution in [0.1, 0.15) is 27.4 Å². The number of carbonyl (C=O) groups is 1. The maximum atomic E-state index is 13.2. The monoisotopic (exact) mass is 484 g/mol. The number of amides is 1. The molecule has 0 atom stereocenters. The van der Waals surface area contributed by atoms with Gasteiger partial charge in [-0.25, -0.2) is 0 Å². The molecular formula is C22H18F6N4O2. The van der Waals surface area contributed by atoms with Crippen molar-refractivity contribution in [3.05, 3.63) is 71.1 Å². The number of rotatable bonds is 4. The molecule has 1 saturated heterocycles. The van der Waals surface area contributed by atoms with Gasteiger partial charge in [0.05, 0.1) is 23.2 Å². The van der Waals surface area contributed by atoms with E-state index in [1.807, 2.05) is 4.90 Å². The third-order valence-electron chi connectivity index (χ3n) is 5.40. The van der Waals surface area contributed by atoms with E-state index in [1.54, 1.807) is 0 Å². The summed E-state index contributed by atoms with van der Waals surface area (Å²) < 4.78 is 83.6. The Kier molecular flexibility index (Phi) is 6.34. The van der Waals surface area contributed by atoms with Crippen molar-refractivity contribution in [2.75, 3.05) is 26.2 Å². The minimum Gasteiger partial charge on any atom is -0.338 e. The summed E-state index contributed by atoms with van der Waals surface area (Å²) in [5.41, 5.74) is -2.05. The first-order chi connectivity index (χ1) is 16.0. The van der Waals surface area contributed by atoms with Gasteiger partial charge in [0.25, 0.3) is 5.91 Å². The highest BCUT2D eigenvalue weighted by Crippen LogP contribution is 2.33. The molecule has 34 heavy (non-hydrogen) atoms. The van der Waals surface area contributed by atoms with Crippen LogP contribution in [0, 0.1) is 0 Å². The third kappa shape index (κ3) is 5.22. The molecule has 180 valence electrons. The highest BCUT2D eigenvalue weighted by Gasteiger charge is 2.36. The second kappa shape index (κ2) is 9.09. The van der Waals surface area contributed by atoms with Gasteiger partial charge < -0.3 is 9.42 Å². The number of carbonyl (C=O) groups excluding carboxylic acids is 1. The summed E-state index contributed by atoms with van der Waals surface area (Å²) in [4.78, 5) is 20.0. The largest absolute Gasteiger partial charge is 0.417 e. The minimum absolute atomic E-state index is 0.0127. The molecule has 0 spiro atoms. The average Bonchev–Trinajstić information content (AvgIpc) is 3.27. The number of hydrogen-bond donors (Lipinski definition) is 0. The molecule has 2 heterocycles. The Balaban J connectivity index is 1.38. The zero-order valence-electron chi connectivity index (χ0n) is 17.5. The maximum absolute atomic E-state index is 13.2. The van der Waals surface area contributed by atoms with Gasteiger partial charge in [0.2, 0.25) is 11.7 Å². The summed E-state index contributed by atoms with van der Waals surface area (Å²) in [5.74, 6) is -0.509. The molecular weight excluding hydrogens is 466 g/mol. The Morgan fingerprint density at radius 2 is 1.62 bits per heavy atom. The first-order valence-electron chi connectivity index (χ1n) is 10.2. The summed E-state index contributed by atoms with van der Waals surface area (Å²) in [7, 11) is 0. The number of alkyl halides is 6. The lowest BCUT2D eigenvalue weighted by atomic mass is 10.1. The summed E-state index contributed by atoms with van der Waals surface area (Å²) in [6, 6.07) is 9.21. The molecule has 0 aliphatic carbocycles. The van der Waals surface area contributed by atoms with Crippen LogP contribution in [-0.4, -0.2) is 52.0 Å². The minimum atomic E-state index is -4.64. The van der Waals surface area contributed by atoms with E-state index in [2.05, 4.69) is 10.1 Å². The SMILES string of the molecule is O=C(c1ccccc1C(F)(F)F)N1CCN(Cc2nc(-c3cccc(C(F)(F)F)c3)no2)CC1. The Morgan fingerprint density at radius 3 is 2.29 bits per heavy atom. The van der Waals surface area contributed by atoms with Gasteiger partial charge in [0, 0.05) is 31.7 Å². The van der Waals surface area contributed by atoms with Crippen LogP contribution in [0.25, 0.3) is 11.4 Å². The van der Waals surface area contributed by atoms with Crippen molar-refractivity contribution >= 4 is 5.91 Å². The fourth-order valence-electron chi connectivity index (χ4n) is 3.66. The number of hydrogen-bond acceptors (Lipinski definition) is 5. The van der Waals surface area contributed by atoms with E-state index >= 15 is 0 Å². The molecule has 12 heteroatoms. The third-order valence-corrected chi connectivity index (χ3v) is 5.40. The summed E-state index contributed by atoms with van der Waals surface area (Å²) in [6.07, 6.45) is -9.14. The van der Waals surface area contributed by atoms with Gasteiger partial charge in [0.1, 0.15) is 0 Å². The van der Waals surface area contributed by atoms with Gasteiger partial charge >= 0.3 is 12.4 Å². The predicted molar refractivity (Wildman–Crippen MR) is 107 cm³/mol. The summed E-state index contributed by atoms with van der Waals surface area (Å²) in [6.45, 7) is 1.27. The summed E-state index contributed by atoms with van der Waals surface area (Å²) in [5, 5.41) is 3.74. The smallest absolute Gasteiger partial charge is 0.338 e. The molecule has 0 unspecified atom stereocenters. The maximum Gasteiger partial charge on any atom is 0.417 e. The van der Waals surface area contributed by atoms with Crippen molar-refractivity contribution in [2.24, 2.45) is 0 Å². The quantitative estimate of drug-likeness (QED) is 0.501. The van der Waals surface area contributed by atoms with Crippen molar-refractivity contribution in [3.8, 4) is 11.4 Å². The Bertz CT molecular complexity index is 1170. The molecule has 2 aromatic carbocycles. The standard InChI is InChI=1S/C22H18F6N4O2/c23-21(24,25)15-5-3-4-14(12-15)19-29-18(34-30-19)13-31-8-10-32(11-9-31)20(33)16-6-1-2-7-17(16)22(26,27)28/h1-7,12H,8-11,13H2. The normalized spacial score (nSPS) is 15.5. The van der Waals surface area contributed by atoms with Crippen molar-refractivity contribution in [1.29, 1.82) is 0 Å². The zero-order chi connectivity index (χ0) is 24.5. The van der Waals surface area contributed by atoms with Crippen LogP contribution < -0.4 is 0 Å². The summed E-state index contributed by atoms with van der Waals surface area (Å²) >= 11 is 0. The van der Waals surface area contributed by atoms with Crippen LogP contribution in [0.5, 0.6) is 0 Å². The molecule has 1 fully saturated rings. The van der Waals surface area contributed by atoms with Crippen LogP contribution in [-0.2, 0) is 18.9 Å². The molecule has 0 bridgehead atoms. The molecule has 1 aromatic heterocycles. The number of aromatic nitrogens is 2. The second-order valence-corrected chi connectivity index (χ2v) is 7.70. The molecule has 6 nitrogen and oxygen atoms in total. The van der Waals surface area contributed by atoms with Crippen molar-refractivity contribution in [2.45, 2.75) is 18.9 Å². The average molecular weight is 484 g/mol. The van der Waals surface area contributed by atoms with Gasteiger partial charge in [0.15, 0.2) is 0 Å². The molecule has 1 aliphatic rings. The molecule has 0 radical (unpaired) electrons. The van der Waals surface area contributed by atoms with Gasteiger partial charge in [-0.1, -0.05) is 29.4 Å². The lowest BCUT2D eigenvalue weighted by Gasteiger charge is -2.34. The van der Waals surface area contributed by atoms with Gasteiger partial charge in [-0.3, -0.25) is 9.69 Å². The first-order valence-corrected chi connectivity index (χ1v) is 10.2. The van der Waals surface area contributed by atoms with Gasteiger partial charge in [-0.05, 0) is 24.3 Å². The number of benzene rings is 2. The van der Waals surface area contributed by atoms with Crippen molar-refractivity contribution in [3.63, 3.8) is 0 Å². The lowest BCUT2D eigenvalue weighted by Crippen LogP contribution is -2.48. The highest BCUT2D eigenvalue weighted by atomic mass is 19.4. The van der Waals surface area contributed by atoms with E-state index in [1.165, 1.54) is 29.2 Å². The fourth-order valence-corrected chi connectivity index (χ4v) is 3.66. The fraction of sp³-hybridized carbons (Fsp3) is 0.318. The van der Waals surface area contributed by atoms with Crippen LogP contribution in [0.2, 0.25) is 0 Å².